The first kappa shape index (κ1) is 13.1. The molecule has 2 heterocycles. The minimum atomic E-state index is -0.404. The second-order valence-electron chi connectivity index (χ2n) is 4.04. The van der Waals surface area contributed by atoms with Gasteiger partial charge in [-0.1, -0.05) is 0 Å². The van der Waals surface area contributed by atoms with Crippen LogP contribution in [-0.4, -0.2) is 27.5 Å². The fourth-order valence-corrected chi connectivity index (χ4v) is 1.87. The van der Waals surface area contributed by atoms with Gasteiger partial charge in [0, 0.05) is 18.0 Å². The Morgan fingerprint density at radius 1 is 1.32 bits per heavy atom. The molecule has 0 radical (unpaired) electrons. The molecular weight excluding hydrogens is 242 g/mol. The SMILES string of the molecule is CCOC(=O)c1c(C)nc(C)nc1-c1cccnc1. The molecule has 0 atom stereocenters. The van der Waals surface area contributed by atoms with Gasteiger partial charge in [-0.15, -0.1) is 0 Å². The maximum Gasteiger partial charge on any atom is 0.342 e. The minimum absolute atomic E-state index is 0.318. The van der Waals surface area contributed by atoms with Crippen molar-refractivity contribution in [1.29, 1.82) is 0 Å². The third-order valence-electron chi connectivity index (χ3n) is 2.62. The van der Waals surface area contributed by atoms with Crippen LogP contribution in [-0.2, 0) is 4.74 Å². The summed E-state index contributed by atoms with van der Waals surface area (Å²) in [5, 5.41) is 0. The molecule has 0 fully saturated rings. The molecule has 19 heavy (non-hydrogen) atoms. The summed E-state index contributed by atoms with van der Waals surface area (Å²) in [4.78, 5) is 24.7. The summed E-state index contributed by atoms with van der Waals surface area (Å²) in [5.41, 5.74) is 2.36. The van der Waals surface area contributed by atoms with Crippen LogP contribution in [0.15, 0.2) is 24.5 Å². The summed E-state index contributed by atoms with van der Waals surface area (Å²) in [6.07, 6.45) is 3.35. The first-order valence-corrected chi connectivity index (χ1v) is 6.06. The van der Waals surface area contributed by atoms with E-state index in [0.29, 0.717) is 29.4 Å². The van der Waals surface area contributed by atoms with E-state index < -0.39 is 5.97 Å². The van der Waals surface area contributed by atoms with Crippen LogP contribution >= 0.6 is 0 Å². The molecule has 2 aromatic rings. The predicted molar refractivity (Wildman–Crippen MR) is 70.7 cm³/mol. The van der Waals surface area contributed by atoms with E-state index in [-0.39, 0.29) is 0 Å². The third-order valence-corrected chi connectivity index (χ3v) is 2.62. The fraction of sp³-hybridized carbons (Fsp3) is 0.286. The van der Waals surface area contributed by atoms with Crippen LogP contribution < -0.4 is 0 Å². The lowest BCUT2D eigenvalue weighted by molar-refractivity contribution is 0.0525. The number of hydrogen-bond donors (Lipinski definition) is 0. The summed E-state index contributed by atoms with van der Waals surface area (Å²) in [6, 6.07) is 3.66. The van der Waals surface area contributed by atoms with E-state index in [1.807, 2.05) is 6.07 Å². The quantitative estimate of drug-likeness (QED) is 0.789. The zero-order valence-corrected chi connectivity index (χ0v) is 11.2. The van der Waals surface area contributed by atoms with Gasteiger partial charge in [0.2, 0.25) is 0 Å². The number of esters is 1. The molecule has 0 bridgehead atoms. The van der Waals surface area contributed by atoms with Crippen molar-refractivity contribution in [3.63, 3.8) is 0 Å². The van der Waals surface area contributed by atoms with Gasteiger partial charge in [0.25, 0.3) is 0 Å². The highest BCUT2D eigenvalue weighted by atomic mass is 16.5. The fourth-order valence-electron chi connectivity index (χ4n) is 1.87. The molecule has 0 N–H and O–H groups in total. The predicted octanol–water partition coefficient (Wildman–Crippen LogP) is 2.33. The van der Waals surface area contributed by atoms with Gasteiger partial charge in [-0.2, -0.15) is 0 Å². The highest BCUT2D eigenvalue weighted by molar-refractivity contribution is 5.97. The van der Waals surface area contributed by atoms with E-state index in [0.717, 1.165) is 5.56 Å². The Bertz CT molecular complexity index is 597. The molecular formula is C14H15N3O2. The second kappa shape index (κ2) is 5.56. The van der Waals surface area contributed by atoms with E-state index in [9.17, 15) is 4.79 Å². The third kappa shape index (κ3) is 2.76. The van der Waals surface area contributed by atoms with Crippen molar-refractivity contribution in [1.82, 2.24) is 15.0 Å². The lowest BCUT2D eigenvalue weighted by atomic mass is 10.1. The van der Waals surface area contributed by atoms with E-state index >= 15 is 0 Å². The molecule has 0 aliphatic heterocycles. The Labute approximate surface area is 111 Å². The number of ether oxygens (including phenoxy) is 1. The summed E-state index contributed by atoms with van der Waals surface area (Å²) in [5.74, 6) is 0.211. The Morgan fingerprint density at radius 3 is 2.74 bits per heavy atom. The summed E-state index contributed by atoms with van der Waals surface area (Å²) in [7, 11) is 0. The zero-order valence-electron chi connectivity index (χ0n) is 11.2. The van der Waals surface area contributed by atoms with Gasteiger partial charge >= 0.3 is 5.97 Å². The summed E-state index contributed by atoms with van der Waals surface area (Å²) < 4.78 is 5.07. The Kier molecular flexibility index (Phi) is 3.85. The smallest absolute Gasteiger partial charge is 0.342 e. The standard InChI is InChI=1S/C14H15N3O2/c1-4-19-14(18)12-9(2)16-10(3)17-13(12)11-6-5-7-15-8-11/h5-8H,4H2,1-3H3. The number of aromatic nitrogens is 3. The molecule has 0 amide bonds. The van der Waals surface area contributed by atoms with E-state index in [1.165, 1.54) is 0 Å². The van der Waals surface area contributed by atoms with E-state index in [2.05, 4.69) is 15.0 Å². The molecule has 5 nitrogen and oxygen atoms in total. The van der Waals surface area contributed by atoms with E-state index in [1.54, 1.807) is 39.2 Å². The van der Waals surface area contributed by atoms with Gasteiger partial charge in [0.15, 0.2) is 0 Å². The molecule has 0 spiro atoms. The van der Waals surface area contributed by atoms with Crippen LogP contribution in [0.2, 0.25) is 0 Å². The van der Waals surface area contributed by atoms with Gasteiger partial charge in [0.1, 0.15) is 11.4 Å². The average Bonchev–Trinajstić information content (AvgIpc) is 2.39. The summed E-state index contributed by atoms with van der Waals surface area (Å²) >= 11 is 0. The molecule has 2 aromatic heterocycles. The highest BCUT2D eigenvalue weighted by Crippen LogP contribution is 2.23. The van der Waals surface area contributed by atoms with E-state index in [4.69, 9.17) is 4.74 Å². The van der Waals surface area contributed by atoms with Gasteiger partial charge in [0.05, 0.1) is 18.0 Å². The molecule has 5 heteroatoms. The van der Waals surface area contributed by atoms with Crippen molar-refractivity contribution in [3.8, 4) is 11.3 Å². The van der Waals surface area contributed by atoms with Crippen molar-refractivity contribution < 1.29 is 9.53 Å². The van der Waals surface area contributed by atoms with Gasteiger partial charge in [-0.05, 0) is 32.9 Å². The second-order valence-corrected chi connectivity index (χ2v) is 4.04. The topological polar surface area (TPSA) is 65.0 Å². The monoisotopic (exact) mass is 257 g/mol. The van der Waals surface area contributed by atoms with Gasteiger partial charge < -0.3 is 4.74 Å². The molecule has 0 unspecified atom stereocenters. The number of carbonyl (C=O) groups excluding carboxylic acids is 1. The Hall–Kier alpha value is -2.30. The molecule has 0 aliphatic rings. The number of carbonyl (C=O) groups is 1. The normalized spacial score (nSPS) is 10.3. The Balaban J connectivity index is 2.62. The van der Waals surface area contributed by atoms with Crippen molar-refractivity contribution in [2.75, 3.05) is 6.61 Å². The molecule has 98 valence electrons. The maximum absolute atomic E-state index is 12.0. The van der Waals surface area contributed by atoms with Crippen molar-refractivity contribution >= 4 is 5.97 Å². The molecule has 0 saturated carbocycles. The van der Waals surface area contributed by atoms with Crippen molar-refractivity contribution in [2.24, 2.45) is 0 Å². The first-order valence-electron chi connectivity index (χ1n) is 6.06. The van der Waals surface area contributed by atoms with Crippen molar-refractivity contribution in [3.05, 3.63) is 41.6 Å². The number of pyridine rings is 1. The lowest BCUT2D eigenvalue weighted by Gasteiger charge is -2.11. The highest BCUT2D eigenvalue weighted by Gasteiger charge is 2.20. The number of aryl methyl sites for hydroxylation is 2. The van der Waals surface area contributed by atoms with Crippen molar-refractivity contribution in [2.45, 2.75) is 20.8 Å². The van der Waals surface area contributed by atoms with Crippen LogP contribution in [0.4, 0.5) is 0 Å². The molecule has 0 saturated heterocycles. The Morgan fingerprint density at radius 2 is 2.11 bits per heavy atom. The largest absolute Gasteiger partial charge is 0.462 e. The van der Waals surface area contributed by atoms with Crippen LogP contribution in [0.1, 0.15) is 28.8 Å². The number of hydrogen-bond acceptors (Lipinski definition) is 5. The molecule has 0 aromatic carbocycles. The number of nitrogens with zero attached hydrogens (tertiary/aromatic N) is 3. The van der Waals surface area contributed by atoms with Crippen LogP contribution in [0.3, 0.4) is 0 Å². The lowest BCUT2D eigenvalue weighted by Crippen LogP contribution is -2.12. The van der Waals surface area contributed by atoms with Crippen LogP contribution in [0, 0.1) is 13.8 Å². The first-order chi connectivity index (χ1) is 9.13. The van der Waals surface area contributed by atoms with Gasteiger partial charge in [-0.3, -0.25) is 4.98 Å². The number of rotatable bonds is 3. The van der Waals surface area contributed by atoms with Gasteiger partial charge in [-0.25, -0.2) is 14.8 Å². The van der Waals surface area contributed by atoms with Crippen LogP contribution in [0.5, 0.6) is 0 Å². The zero-order chi connectivity index (χ0) is 13.8. The van der Waals surface area contributed by atoms with Crippen LogP contribution in [0.25, 0.3) is 11.3 Å². The summed E-state index contributed by atoms with van der Waals surface area (Å²) in [6.45, 7) is 5.66. The average molecular weight is 257 g/mol. The minimum Gasteiger partial charge on any atom is -0.462 e. The molecule has 0 aliphatic carbocycles. The molecule has 2 rings (SSSR count). The maximum atomic E-state index is 12.0.